The van der Waals surface area contributed by atoms with Crippen molar-refractivity contribution in [3.8, 4) is 10.6 Å². The number of hydrogen-bond donors (Lipinski definition) is 1. The molecule has 9 heteroatoms. The van der Waals surface area contributed by atoms with Crippen LogP contribution in [0.5, 0.6) is 0 Å². The van der Waals surface area contributed by atoms with Gasteiger partial charge in [-0.2, -0.15) is 0 Å². The van der Waals surface area contributed by atoms with E-state index in [-0.39, 0.29) is 16.8 Å². The first-order chi connectivity index (χ1) is 17.8. The number of thiazole rings is 1. The van der Waals surface area contributed by atoms with Gasteiger partial charge in [0.2, 0.25) is 11.6 Å². The second-order valence-electron chi connectivity index (χ2n) is 9.25. The summed E-state index contributed by atoms with van der Waals surface area (Å²) < 4.78 is 30.8. The molecule has 6 rings (SSSR count). The number of Topliss-reactive ketones (excluding diaryl/α,β-unsaturated/α-hetero) is 2. The monoisotopic (exact) mass is 529 g/mol. The first-order valence-electron chi connectivity index (χ1n) is 12.0. The molecule has 2 aliphatic rings. The minimum absolute atomic E-state index is 0.0323. The molecule has 0 radical (unpaired) electrons. The average molecular weight is 530 g/mol. The fraction of sp³-hybridized carbons (Fsp3) is 0.179. The summed E-state index contributed by atoms with van der Waals surface area (Å²) in [5.41, 5.74) is 3.55. The van der Waals surface area contributed by atoms with Crippen molar-refractivity contribution in [2.75, 3.05) is 17.8 Å². The second kappa shape index (κ2) is 8.93. The van der Waals surface area contributed by atoms with Crippen molar-refractivity contribution < 1.29 is 18.0 Å². The Balaban J connectivity index is 1.35. The highest BCUT2D eigenvalue weighted by molar-refractivity contribution is 7.97. The number of anilines is 1. The molecule has 0 unspecified atom stereocenters. The Bertz CT molecular complexity index is 1710. The quantitative estimate of drug-likeness (QED) is 0.372. The molecule has 0 spiro atoms. The Morgan fingerprint density at radius 3 is 2.27 bits per heavy atom. The minimum atomic E-state index is -4.35. The Morgan fingerprint density at radius 1 is 0.892 bits per heavy atom. The fourth-order valence-corrected chi connectivity index (χ4v) is 7.31. The largest absolute Gasteiger partial charge is 0.367 e. The predicted octanol–water partition coefficient (Wildman–Crippen LogP) is 5.40. The molecule has 1 saturated heterocycles. The minimum Gasteiger partial charge on any atom is -0.367 e. The standard InChI is InChI=1S/C28H23N3O4S2/c1-17-8-13-22-23(16-17)36-28(29-22)18-9-11-19(12-10-18)30-37(34,35)27-24(31-14-4-5-15-31)25(32)20-6-2-3-7-21(20)26(27)33/h2-3,6-13,16,30H,4-5,14-15H2,1H3. The molecule has 37 heavy (non-hydrogen) atoms. The van der Waals surface area contributed by atoms with Crippen LogP contribution in [-0.2, 0) is 10.0 Å². The summed E-state index contributed by atoms with van der Waals surface area (Å²) in [6, 6.07) is 19.3. The van der Waals surface area contributed by atoms with Crippen molar-refractivity contribution in [3.05, 3.63) is 94.0 Å². The van der Waals surface area contributed by atoms with Gasteiger partial charge in [0.25, 0.3) is 10.0 Å². The molecule has 3 aromatic carbocycles. The van der Waals surface area contributed by atoms with Crippen LogP contribution < -0.4 is 4.72 Å². The van der Waals surface area contributed by atoms with E-state index in [1.165, 1.54) is 6.07 Å². The van der Waals surface area contributed by atoms with Crippen LogP contribution >= 0.6 is 11.3 Å². The molecule has 186 valence electrons. The molecule has 1 aliphatic heterocycles. The summed E-state index contributed by atoms with van der Waals surface area (Å²) in [7, 11) is -4.35. The highest BCUT2D eigenvalue weighted by atomic mass is 32.2. The number of carbonyl (C=O) groups is 2. The lowest BCUT2D eigenvalue weighted by Gasteiger charge is -2.27. The normalized spacial score (nSPS) is 16.0. The molecule has 1 aliphatic carbocycles. The summed E-state index contributed by atoms with van der Waals surface area (Å²) in [5.74, 6) is -1.09. The lowest BCUT2D eigenvalue weighted by atomic mass is 9.92. The number of benzene rings is 3. The van der Waals surface area contributed by atoms with Gasteiger partial charge in [-0.25, -0.2) is 13.4 Å². The van der Waals surface area contributed by atoms with E-state index in [0.29, 0.717) is 18.8 Å². The summed E-state index contributed by atoms with van der Waals surface area (Å²) in [5, 5.41) is 0.832. The number of ketones is 2. The molecular weight excluding hydrogens is 506 g/mol. The third kappa shape index (κ3) is 4.14. The molecule has 0 saturated carbocycles. The van der Waals surface area contributed by atoms with E-state index >= 15 is 0 Å². The zero-order chi connectivity index (χ0) is 25.7. The van der Waals surface area contributed by atoms with Crippen LogP contribution in [0, 0.1) is 6.92 Å². The number of aromatic nitrogens is 1. The van der Waals surface area contributed by atoms with E-state index in [0.717, 1.165) is 39.2 Å². The first-order valence-corrected chi connectivity index (χ1v) is 14.3. The number of sulfonamides is 1. The van der Waals surface area contributed by atoms with Crippen molar-refractivity contribution in [3.63, 3.8) is 0 Å². The maximum atomic E-state index is 13.6. The Hall–Kier alpha value is -3.82. The van der Waals surface area contributed by atoms with Crippen LogP contribution in [-0.4, -0.2) is 43.0 Å². The van der Waals surface area contributed by atoms with Crippen LogP contribution in [0.3, 0.4) is 0 Å². The Morgan fingerprint density at radius 2 is 1.57 bits per heavy atom. The zero-order valence-corrected chi connectivity index (χ0v) is 21.7. The molecule has 0 atom stereocenters. The van der Waals surface area contributed by atoms with E-state index in [2.05, 4.69) is 15.8 Å². The summed E-state index contributed by atoms with van der Waals surface area (Å²) >= 11 is 1.57. The van der Waals surface area contributed by atoms with E-state index in [9.17, 15) is 18.0 Å². The van der Waals surface area contributed by atoms with Gasteiger partial charge in [-0.15, -0.1) is 11.3 Å². The number of hydrogen-bond acceptors (Lipinski definition) is 7. The van der Waals surface area contributed by atoms with Crippen LogP contribution in [0.15, 0.2) is 77.3 Å². The number of carbonyl (C=O) groups excluding carboxylic acids is 2. The van der Waals surface area contributed by atoms with Crippen LogP contribution in [0.25, 0.3) is 20.8 Å². The van der Waals surface area contributed by atoms with Crippen molar-refractivity contribution >= 4 is 48.8 Å². The number of rotatable bonds is 5. The van der Waals surface area contributed by atoms with Crippen LogP contribution in [0.2, 0.25) is 0 Å². The maximum absolute atomic E-state index is 13.6. The van der Waals surface area contributed by atoms with Crippen molar-refractivity contribution in [2.24, 2.45) is 0 Å². The number of nitrogens with one attached hydrogen (secondary N) is 1. The SMILES string of the molecule is Cc1ccc2nc(-c3ccc(NS(=O)(=O)C4=C(N5CCCC5)C(=O)c5ccccc5C4=O)cc3)sc2c1. The van der Waals surface area contributed by atoms with Gasteiger partial charge in [0.05, 0.1) is 10.2 Å². The molecule has 0 amide bonds. The fourth-order valence-electron chi connectivity index (χ4n) is 4.86. The molecule has 0 bridgehead atoms. The molecule has 2 heterocycles. The van der Waals surface area contributed by atoms with Gasteiger partial charge in [-0.05, 0) is 61.7 Å². The predicted molar refractivity (Wildman–Crippen MR) is 145 cm³/mol. The van der Waals surface area contributed by atoms with Crippen molar-refractivity contribution in [2.45, 2.75) is 19.8 Å². The number of likely N-dealkylation sites (tertiary alicyclic amines) is 1. The van der Waals surface area contributed by atoms with Crippen molar-refractivity contribution in [1.29, 1.82) is 0 Å². The number of fused-ring (bicyclic) bond motifs is 2. The lowest BCUT2D eigenvalue weighted by molar-refractivity contribution is 0.0953. The first kappa shape index (κ1) is 23.6. The van der Waals surface area contributed by atoms with Gasteiger partial charge in [0.15, 0.2) is 4.91 Å². The highest BCUT2D eigenvalue weighted by Crippen LogP contribution is 2.35. The van der Waals surface area contributed by atoms with Gasteiger partial charge in [0, 0.05) is 35.5 Å². The highest BCUT2D eigenvalue weighted by Gasteiger charge is 2.42. The summed E-state index contributed by atoms with van der Waals surface area (Å²) in [6.45, 7) is 3.10. The van der Waals surface area contributed by atoms with Gasteiger partial charge in [0.1, 0.15) is 10.7 Å². The summed E-state index contributed by atoms with van der Waals surface area (Å²) in [6.07, 6.45) is 1.67. The zero-order valence-electron chi connectivity index (χ0n) is 20.0. The molecule has 1 N–H and O–H groups in total. The third-order valence-corrected chi connectivity index (χ3v) is 9.16. The Kier molecular flexibility index (Phi) is 5.69. The number of nitrogens with zero attached hydrogens (tertiary/aromatic N) is 2. The van der Waals surface area contributed by atoms with Gasteiger partial charge >= 0.3 is 0 Å². The van der Waals surface area contributed by atoms with Gasteiger partial charge < -0.3 is 4.90 Å². The smallest absolute Gasteiger partial charge is 0.268 e. The molecule has 4 aromatic rings. The van der Waals surface area contributed by atoms with Crippen LogP contribution in [0.1, 0.15) is 39.1 Å². The molecule has 7 nitrogen and oxygen atoms in total. The van der Waals surface area contributed by atoms with E-state index in [1.54, 1.807) is 58.7 Å². The molecular formula is C28H23N3O4S2. The van der Waals surface area contributed by atoms with E-state index in [1.807, 2.05) is 19.1 Å². The van der Waals surface area contributed by atoms with Crippen molar-refractivity contribution in [1.82, 2.24) is 9.88 Å². The average Bonchev–Trinajstić information content (AvgIpc) is 3.56. The third-order valence-electron chi connectivity index (χ3n) is 6.67. The van der Waals surface area contributed by atoms with Gasteiger partial charge in [-0.1, -0.05) is 30.3 Å². The second-order valence-corrected chi connectivity index (χ2v) is 11.9. The number of allylic oxidation sites excluding steroid dienone is 2. The van der Waals surface area contributed by atoms with Crippen LogP contribution in [0.4, 0.5) is 5.69 Å². The maximum Gasteiger partial charge on any atom is 0.268 e. The lowest BCUT2D eigenvalue weighted by Crippen LogP contribution is -2.36. The van der Waals surface area contributed by atoms with E-state index < -0.39 is 26.5 Å². The molecule has 1 fully saturated rings. The topological polar surface area (TPSA) is 96.4 Å². The number of aryl methyl sites for hydroxylation is 1. The molecule has 1 aromatic heterocycles. The Labute approximate surface area is 218 Å². The summed E-state index contributed by atoms with van der Waals surface area (Å²) in [4.78, 5) is 32.8. The van der Waals surface area contributed by atoms with Gasteiger partial charge in [-0.3, -0.25) is 14.3 Å². The van der Waals surface area contributed by atoms with E-state index in [4.69, 9.17) is 0 Å².